The van der Waals surface area contributed by atoms with Gasteiger partial charge >= 0.3 is 0 Å². The molecule has 7 nitrogen and oxygen atoms in total. The van der Waals surface area contributed by atoms with Crippen molar-refractivity contribution in [2.45, 2.75) is 26.8 Å². The molecule has 0 bridgehead atoms. The number of amides is 2. The molecule has 1 aromatic carbocycles. The maximum Gasteiger partial charge on any atom is 0.255 e. The number of rotatable bonds is 3. The largest absolute Gasteiger partial charge is 0.335 e. The Morgan fingerprint density at radius 2 is 1.59 bits per heavy atom. The molecular formula is C22H25N5O2. The van der Waals surface area contributed by atoms with Crippen molar-refractivity contribution in [2.24, 2.45) is 0 Å². The van der Waals surface area contributed by atoms with E-state index in [1.165, 1.54) is 0 Å². The maximum absolute atomic E-state index is 13.1. The molecule has 0 saturated carbocycles. The fourth-order valence-corrected chi connectivity index (χ4v) is 3.71. The SMILES string of the molecule is Cc1nc2c(cnn2C(C)C)cc1C(=O)N1CCN(C(=O)c2ccccc2)CC1. The van der Waals surface area contributed by atoms with Crippen LogP contribution in [-0.2, 0) is 0 Å². The van der Waals surface area contributed by atoms with Crippen LogP contribution >= 0.6 is 0 Å². The number of aryl methyl sites for hydroxylation is 1. The summed E-state index contributed by atoms with van der Waals surface area (Å²) in [6.45, 7) is 8.05. The second-order valence-electron chi connectivity index (χ2n) is 7.67. The summed E-state index contributed by atoms with van der Waals surface area (Å²) in [6.07, 6.45) is 1.76. The summed E-state index contributed by atoms with van der Waals surface area (Å²) in [6, 6.07) is 11.3. The first-order valence-corrected chi connectivity index (χ1v) is 9.94. The molecule has 1 saturated heterocycles. The Balaban J connectivity index is 1.48. The molecule has 150 valence electrons. The topological polar surface area (TPSA) is 71.3 Å². The van der Waals surface area contributed by atoms with Crippen molar-refractivity contribution >= 4 is 22.8 Å². The van der Waals surface area contributed by atoms with Crippen molar-refractivity contribution in [3.8, 4) is 0 Å². The lowest BCUT2D eigenvalue weighted by Crippen LogP contribution is -2.50. The molecule has 1 fully saturated rings. The molecule has 0 spiro atoms. The van der Waals surface area contributed by atoms with Gasteiger partial charge in [-0.2, -0.15) is 5.10 Å². The molecule has 3 heterocycles. The summed E-state index contributed by atoms with van der Waals surface area (Å²) in [5, 5.41) is 5.26. The number of aromatic nitrogens is 3. The van der Waals surface area contributed by atoms with Gasteiger partial charge in [0.15, 0.2) is 5.65 Å². The van der Waals surface area contributed by atoms with Gasteiger partial charge in [0.2, 0.25) is 0 Å². The van der Waals surface area contributed by atoms with Gasteiger partial charge in [-0.3, -0.25) is 9.59 Å². The fraction of sp³-hybridized carbons (Fsp3) is 0.364. The third-order valence-corrected chi connectivity index (χ3v) is 5.35. The van der Waals surface area contributed by atoms with Gasteiger partial charge in [0, 0.05) is 43.2 Å². The van der Waals surface area contributed by atoms with Gasteiger partial charge in [0.1, 0.15) is 0 Å². The summed E-state index contributed by atoms with van der Waals surface area (Å²) in [5.74, 6) is -0.0286. The van der Waals surface area contributed by atoms with Gasteiger partial charge in [0.25, 0.3) is 11.8 Å². The average Bonchev–Trinajstić information content (AvgIpc) is 3.16. The lowest BCUT2D eigenvalue weighted by molar-refractivity contribution is 0.0535. The number of fused-ring (bicyclic) bond motifs is 1. The van der Waals surface area contributed by atoms with E-state index in [9.17, 15) is 9.59 Å². The summed E-state index contributed by atoms with van der Waals surface area (Å²) in [5.41, 5.74) is 2.78. The first-order chi connectivity index (χ1) is 14.0. The van der Waals surface area contributed by atoms with Crippen LogP contribution in [0.1, 0.15) is 46.3 Å². The van der Waals surface area contributed by atoms with Crippen LogP contribution in [0.4, 0.5) is 0 Å². The van der Waals surface area contributed by atoms with Crippen molar-refractivity contribution in [3.05, 3.63) is 59.4 Å². The molecule has 0 aliphatic carbocycles. The number of carbonyl (C=O) groups excluding carboxylic acids is 2. The molecule has 0 N–H and O–H groups in total. The summed E-state index contributed by atoms with van der Waals surface area (Å²) >= 11 is 0. The highest BCUT2D eigenvalue weighted by atomic mass is 16.2. The van der Waals surface area contributed by atoms with Gasteiger partial charge in [-0.15, -0.1) is 0 Å². The Bertz CT molecular complexity index is 1050. The van der Waals surface area contributed by atoms with Crippen LogP contribution in [0.2, 0.25) is 0 Å². The van der Waals surface area contributed by atoms with Crippen LogP contribution in [-0.4, -0.2) is 62.6 Å². The van der Waals surface area contributed by atoms with Crippen LogP contribution in [0.5, 0.6) is 0 Å². The molecule has 2 amide bonds. The first-order valence-electron chi connectivity index (χ1n) is 9.94. The zero-order chi connectivity index (χ0) is 20.5. The Labute approximate surface area is 169 Å². The van der Waals surface area contributed by atoms with Crippen molar-refractivity contribution in [1.82, 2.24) is 24.6 Å². The number of nitrogens with zero attached hydrogens (tertiary/aromatic N) is 5. The van der Waals surface area contributed by atoms with Crippen LogP contribution in [0.25, 0.3) is 11.0 Å². The van der Waals surface area contributed by atoms with Crippen LogP contribution in [0, 0.1) is 6.92 Å². The molecule has 2 aromatic heterocycles. The van der Waals surface area contributed by atoms with E-state index >= 15 is 0 Å². The molecule has 3 aromatic rings. The number of carbonyl (C=O) groups is 2. The van der Waals surface area contributed by atoms with Gasteiger partial charge in [0.05, 0.1) is 17.5 Å². The number of benzene rings is 1. The number of pyridine rings is 1. The monoisotopic (exact) mass is 391 g/mol. The summed E-state index contributed by atoms with van der Waals surface area (Å²) in [7, 11) is 0. The third-order valence-electron chi connectivity index (χ3n) is 5.35. The van der Waals surface area contributed by atoms with E-state index in [0.717, 1.165) is 11.0 Å². The van der Waals surface area contributed by atoms with E-state index in [-0.39, 0.29) is 17.9 Å². The predicted octanol–water partition coefficient (Wildman–Crippen LogP) is 2.92. The van der Waals surface area contributed by atoms with E-state index in [1.807, 2.05) is 48.0 Å². The first kappa shape index (κ1) is 19.1. The van der Waals surface area contributed by atoms with Crippen molar-refractivity contribution < 1.29 is 9.59 Å². The highest BCUT2D eigenvalue weighted by Crippen LogP contribution is 2.21. The summed E-state index contributed by atoms with van der Waals surface area (Å²) < 4.78 is 1.87. The minimum atomic E-state index is -0.0407. The van der Waals surface area contributed by atoms with Crippen LogP contribution in [0.3, 0.4) is 0 Å². The van der Waals surface area contributed by atoms with E-state index in [4.69, 9.17) is 0 Å². The molecule has 4 rings (SSSR count). The minimum Gasteiger partial charge on any atom is -0.335 e. The van der Waals surface area contributed by atoms with Crippen LogP contribution < -0.4 is 0 Å². The lowest BCUT2D eigenvalue weighted by Gasteiger charge is -2.35. The zero-order valence-electron chi connectivity index (χ0n) is 17.0. The number of piperazine rings is 1. The minimum absolute atomic E-state index is 0.0121. The number of hydrogen-bond acceptors (Lipinski definition) is 4. The molecule has 1 aliphatic rings. The molecular weight excluding hydrogens is 366 g/mol. The standard InChI is InChI=1S/C22H25N5O2/c1-15(2)27-20-18(14-23-27)13-19(16(3)24-20)22(29)26-11-9-25(10-12-26)21(28)17-7-5-4-6-8-17/h4-8,13-15H,9-12H2,1-3H3. The maximum atomic E-state index is 13.1. The lowest BCUT2D eigenvalue weighted by atomic mass is 10.1. The molecule has 0 radical (unpaired) electrons. The number of hydrogen-bond donors (Lipinski definition) is 0. The highest BCUT2D eigenvalue weighted by molar-refractivity contribution is 5.98. The Morgan fingerprint density at radius 3 is 2.21 bits per heavy atom. The van der Waals surface area contributed by atoms with E-state index < -0.39 is 0 Å². The van der Waals surface area contributed by atoms with E-state index in [2.05, 4.69) is 23.9 Å². The third kappa shape index (κ3) is 3.60. The predicted molar refractivity (Wildman–Crippen MR) is 111 cm³/mol. The zero-order valence-corrected chi connectivity index (χ0v) is 17.0. The van der Waals surface area contributed by atoms with E-state index in [0.29, 0.717) is 43.0 Å². The molecule has 0 atom stereocenters. The quantitative estimate of drug-likeness (QED) is 0.688. The smallest absolute Gasteiger partial charge is 0.255 e. The second kappa shape index (κ2) is 7.66. The highest BCUT2D eigenvalue weighted by Gasteiger charge is 2.27. The Kier molecular flexibility index (Phi) is 5.05. The molecule has 7 heteroatoms. The van der Waals surface area contributed by atoms with Crippen molar-refractivity contribution in [2.75, 3.05) is 26.2 Å². The van der Waals surface area contributed by atoms with Gasteiger partial charge in [-0.1, -0.05) is 18.2 Å². The fourth-order valence-electron chi connectivity index (χ4n) is 3.71. The Hall–Kier alpha value is -3.22. The van der Waals surface area contributed by atoms with Gasteiger partial charge in [-0.25, -0.2) is 9.67 Å². The van der Waals surface area contributed by atoms with Gasteiger partial charge < -0.3 is 9.80 Å². The Morgan fingerprint density at radius 1 is 0.966 bits per heavy atom. The molecule has 1 aliphatic heterocycles. The normalized spacial score (nSPS) is 14.6. The van der Waals surface area contributed by atoms with Crippen molar-refractivity contribution in [3.63, 3.8) is 0 Å². The van der Waals surface area contributed by atoms with Crippen molar-refractivity contribution in [1.29, 1.82) is 0 Å². The second-order valence-corrected chi connectivity index (χ2v) is 7.67. The molecule has 0 unspecified atom stereocenters. The molecule has 29 heavy (non-hydrogen) atoms. The average molecular weight is 391 g/mol. The van der Waals surface area contributed by atoms with E-state index in [1.54, 1.807) is 16.0 Å². The van der Waals surface area contributed by atoms with Crippen LogP contribution in [0.15, 0.2) is 42.6 Å². The summed E-state index contributed by atoms with van der Waals surface area (Å²) in [4.78, 5) is 34.0. The van der Waals surface area contributed by atoms with Gasteiger partial charge in [-0.05, 0) is 39.0 Å².